The molecule has 1 N–H and O–H groups in total. The molecular formula is C15H13ClFN3OS. The molecule has 4 nitrogen and oxygen atoms in total. The minimum atomic E-state index is -0.418. The number of carbonyl (C=O) groups excluding carboxylic acids is 1. The maximum atomic E-state index is 13.8. The first kappa shape index (κ1) is 15.0. The number of halogens is 2. The molecule has 2 heterocycles. The summed E-state index contributed by atoms with van der Waals surface area (Å²) in [6, 6.07) is 4.47. The number of fused-ring (bicyclic) bond motifs is 1. The second-order valence-electron chi connectivity index (χ2n) is 5.00. The Morgan fingerprint density at radius 3 is 2.91 bits per heavy atom. The normalized spacial score (nSPS) is 12.5. The van der Waals surface area contributed by atoms with Crippen LogP contribution in [0.1, 0.15) is 28.2 Å². The molecule has 0 aliphatic rings. The molecule has 3 rings (SSSR count). The zero-order valence-corrected chi connectivity index (χ0v) is 13.5. The Kier molecular flexibility index (Phi) is 3.88. The van der Waals surface area contributed by atoms with Crippen LogP contribution in [0.5, 0.6) is 0 Å². The van der Waals surface area contributed by atoms with Crippen LogP contribution in [0.25, 0.3) is 10.1 Å². The van der Waals surface area contributed by atoms with Crippen molar-refractivity contribution >= 4 is 38.9 Å². The molecule has 1 amide bonds. The number of rotatable bonds is 3. The van der Waals surface area contributed by atoms with Gasteiger partial charge in [-0.25, -0.2) is 4.39 Å². The van der Waals surface area contributed by atoms with Crippen LogP contribution in [0.4, 0.5) is 4.39 Å². The molecule has 22 heavy (non-hydrogen) atoms. The number of carbonyl (C=O) groups is 1. The van der Waals surface area contributed by atoms with Crippen LogP contribution in [0, 0.1) is 5.82 Å². The molecule has 2 aromatic heterocycles. The van der Waals surface area contributed by atoms with Crippen LogP contribution >= 0.6 is 22.9 Å². The molecule has 0 bridgehead atoms. The Labute approximate surface area is 135 Å². The second-order valence-corrected chi connectivity index (χ2v) is 6.43. The zero-order valence-electron chi connectivity index (χ0n) is 11.9. The predicted octanol–water partition coefficient (Wildman–Crippen LogP) is 3.92. The van der Waals surface area contributed by atoms with Crippen LogP contribution in [0.15, 0.2) is 30.6 Å². The summed E-state index contributed by atoms with van der Waals surface area (Å²) >= 11 is 7.37. The van der Waals surface area contributed by atoms with Crippen LogP contribution in [0.3, 0.4) is 0 Å². The quantitative estimate of drug-likeness (QED) is 0.787. The summed E-state index contributed by atoms with van der Waals surface area (Å²) in [5, 5.41) is 7.39. The van der Waals surface area contributed by atoms with Gasteiger partial charge in [-0.15, -0.1) is 11.3 Å². The smallest absolute Gasteiger partial charge is 0.263 e. The van der Waals surface area contributed by atoms with Crippen LogP contribution in [0.2, 0.25) is 5.02 Å². The molecule has 0 fully saturated rings. The van der Waals surface area contributed by atoms with Gasteiger partial charge < -0.3 is 5.32 Å². The summed E-state index contributed by atoms with van der Waals surface area (Å²) < 4.78 is 16.2. The van der Waals surface area contributed by atoms with Crippen molar-refractivity contribution in [1.29, 1.82) is 0 Å². The largest absolute Gasteiger partial charge is 0.345 e. The van der Waals surface area contributed by atoms with E-state index in [0.717, 1.165) is 5.56 Å². The van der Waals surface area contributed by atoms with E-state index in [1.807, 2.05) is 20.2 Å². The number of nitrogens with one attached hydrogen (secondary N) is 1. The molecule has 0 radical (unpaired) electrons. The number of thiophene rings is 1. The molecule has 3 aromatic rings. The van der Waals surface area contributed by atoms with E-state index in [4.69, 9.17) is 11.6 Å². The topological polar surface area (TPSA) is 46.9 Å². The van der Waals surface area contributed by atoms with E-state index in [2.05, 4.69) is 10.4 Å². The molecule has 1 atom stereocenters. The van der Waals surface area contributed by atoms with E-state index in [-0.39, 0.29) is 17.0 Å². The lowest BCUT2D eigenvalue weighted by atomic mass is 10.2. The summed E-state index contributed by atoms with van der Waals surface area (Å²) in [5.74, 6) is -0.736. The van der Waals surface area contributed by atoms with Crippen LogP contribution in [-0.4, -0.2) is 15.7 Å². The Balaban J connectivity index is 1.89. The first-order chi connectivity index (χ1) is 10.5. The molecule has 0 saturated carbocycles. The third-order valence-corrected chi connectivity index (χ3v) is 5.03. The van der Waals surface area contributed by atoms with Gasteiger partial charge >= 0.3 is 0 Å². The molecule has 0 saturated heterocycles. The van der Waals surface area contributed by atoms with Crippen molar-refractivity contribution in [3.05, 3.63) is 51.9 Å². The van der Waals surface area contributed by atoms with Crippen molar-refractivity contribution in [1.82, 2.24) is 15.1 Å². The maximum absolute atomic E-state index is 13.8. The van der Waals surface area contributed by atoms with Gasteiger partial charge in [0.2, 0.25) is 0 Å². The summed E-state index contributed by atoms with van der Waals surface area (Å²) in [7, 11) is 1.81. The van der Waals surface area contributed by atoms with E-state index in [1.54, 1.807) is 23.0 Å². The van der Waals surface area contributed by atoms with Gasteiger partial charge in [-0.3, -0.25) is 9.48 Å². The van der Waals surface area contributed by atoms with Crippen molar-refractivity contribution in [3.63, 3.8) is 0 Å². The number of aromatic nitrogens is 2. The van der Waals surface area contributed by atoms with Gasteiger partial charge in [0.05, 0.1) is 17.3 Å². The fraction of sp³-hybridized carbons (Fsp3) is 0.200. The van der Waals surface area contributed by atoms with Gasteiger partial charge in [0.1, 0.15) is 10.7 Å². The van der Waals surface area contributed by atoms with E-state index in [9.17, 15) is 9.18 Å². The highest BCUT2D eigenvalue weighted by Crippen LogP contribution is 2.37. The van der Waals surface area contributed by atoms with Gasteiger partial charge in [-0.2, -0.15) is 5.10 Å². The fourth-order valence-corrected chi connectivity index (χ4v) is 3.69. The monoisotopic (exact) mass is 337 g/mol. The molecule has 0 aliphatic heterocycles. The molecule has 0 aliphatic carbocycles. The number of aryl methyl sites for hydroxylation is 1. The highest BCUT2D eigenvalue weighted by atomic mass is 35.5. The third-order valence-electron chi connectivity index (χ3n) is 3.38. The van der Waals surface area contributed by atoms with E-state index < -0.39 is 5.82 Å². The van der Waals surface area contributed by atoms with E-state index >= 15 is 0 Å². The lowest BCUT2D eigenvalue weighted by Crippen LogP contribution is -2.25. The molecule has 1 aromatic carbocycles. The predicted molar refractivity (Wildman–Crippen MR) is 85.9 cm³/mol. The number of benzene rings is 1. The van der Waals surface area contributed by atoms with Gasteiger partial charge in [0.15, 0.2) is 0 Å². The summed E-state index contributed by atoms with van der Waals surface area (Å²) in [5.41, 5.74) is 0.888. The summed E-state index contributed by atoms with van der Waals surface area (Å²) in [6.07, 6.45) is 3.52. The fourth-order valence-electron chi connectivity index (χ4n) is 2.23. The highest BCUT2D eigenvalue weighted by molar-refractivity contribution is 7.21. The van der Waals surface area contributed by atoms with Crippen molar-refractivity contribution in [2.45, 2.75) is 13.0 Å². The van der Waals surface area contributed by atoms with E-state index in [1.165, 1.54) is 17.4 Å². The Morgan fingerprint density at radius 2 is 2.27 bits per heavy atom. The molecule has 7 heteroatoms. The zero-order chi connectivity index (χ0) is 15.9. The average molecular weight is 338 g/mol. The molecule has 114 valence electrons. The summed E-state index contributed by atoms with van der Waals surface area (Å²) in [6.45, 7) is 1.86. The minimum absolute atomic E-state index is 0.161. The van der Waals surface area contributed by atoms with Gasteiger partial charge in [0.25, 0.3) is 5.91 Å². The summed E-state index contributed by atoms with van der Waals surface area (Å²) in [4.78, 5) is 12.7. The first-order valence-corrected chi connectivity index (χ1v) is 7.82. The van der Waals surface area contributed by atoms with Crippen molar-refractivity contribution in [2.75, 3.05) is 0 Å². The lowest BCUT2D eigenvalue weighted by Gasteiger charge is -2.11. The number of amides is 1. The van der Waals surface area contributed by atoms with Gasteiger partial charge in [0, 0.05) is 28.9 Å². The Morgan fingerprint density at radius 1 is 1.50 bits per heavy atom. The maximum Gasteiger partial charge on any atom is 0.263 e. The number of nitrogens with zero attached hydrogens (tertiary/aromatic N) is 2. The molecule has 1 unspecified atom stereocenters. The average Bonchev–Trinajstić information content (AvgIpc) is 3.04. The van der Waals surface area contributed by atoms with Crippen LogP contribution < -0.4 is 5.32 Å². The number of hydrogen-bond acceptors (Lipinski definition) is 3. The molecular weight excluding hydrogens is 325 g/mol. The Bertz CT molecular complexity index is 858. The van der Waals surface area contributed by atoms with E-state index in [0.29, 0.717) is 15.0 Å². The lowest BCUT2D eigenvalue weighted by molar-refractivity contribution is 0.0944. The highest BCUT2D eigenvalue weighted by Gasteiger charge is 2.21. The van der Waals surface area contributed by atoms with Crippen molar-refractivity contribution in [2.24, 2.45) is 7.05 Å². The molecule has 0 spiro atoms. The van der Waals surface area contributed by atoms with Gasteiger partial charge in [-0.1, -0.05) is 17.7 Å². The van der Waals surface area contributed by atoms with Crippen molar-refractivity contribution < 1.29 is 9.18 Å². The number of hydrogen-bond donors (Lipinski definition) is 1. The second kappa shape index (κ2) is 5.70. The Hall–Kier alpha value is -1.92. The third kappa shape index (κ3) is 2.60. The minimum Gasteiger partial charge on any atom is -0.345 e. The van der Waals surface area contributed by atoms with Gasteiger partial charge in [-0.05, 0) is 19.1 Å². The first-order valence-electron chi connectivity index (χ1n) is 6.63. The SMILES string of the molecule is CC(NC(=O)c1sc2cccc(F)c2c1Cl)c1cnn(C)c1. The van der Waals surface area contributed by atoms with Crippen molar-refractivity contribution in [3.8, 4) is 0 Å². The van der Waals surface area contributed by atoms with Crippen LogP contribution in [-0.2, 0) is 7.05 Å². The standard InChI is InChI=1S/C15H13ClFN3OS/c1-8(9-6-18-20(2)7-9)19-15(21)14-13(16)12-10(17)4-3-5-11(12)22-14/h3-8H,1-2H3,(H,19,21).